The fraction of sp³-hybridized carbons (Fsp3) is 0.294. The molecular formula is C17H22N4O. The van der Waals surface area contributed by atoms with Crippen LogP contribution in [0.3, 0.4) is 0 Å². The number of para-hydroxylation sites is 1. The number of hydrogen-bond donors (Lipinski definition) is 2. The number of aromatic nitrogens is 1. The highest BCUT2D eigenvalue weighted by Gasteiger charge is 2.12. The van der Waals surface area contributed by atoms with Crippen LogP contribution in [0.5, 0.6) is 0 Å². The van der Waals surface area contributed by atoms with Crippen molar-refractivity contribution in [3.05, 3.63) is 54.4 Å². The van der Waals surface area contributed by atoms with E-state index in [1.54, 1.807) is 24.5 Å². The monoisotopic (exact) mass is 298 g/mol. The molecule has 2 aromatic rings. The quantitative estimate of drug-likeness (QED) is 0.861. The molecule has 1 unspecified atom stereocenters. The van der Waals surface area contributed by atoms with Gasteiger partial charge >= 0.3 is 0 Å². The van der Waals surface area contributed by atoms with Crippen molar-refractivity contribution in [1.82, 2.24) is 9.88 Å². The van der Waals surface area contributed by atoms with Crippen LogP contribution in [0, 0.1) is 0 Å². The Morgan fingerprint density at radius 3 is 2.55 bits per heavy atom. The summed E-state index contributed by atoms with van der Waals surface area (Å²) in [5.74, 6) is -0.133. The Morgan fingerprint density at radius 2 is 1.86 bits per heavy atom. The fourth-order valence-electron chi connectivity index (χ4n) is 1.91. The molecule has 0 aliphatic heterocycles. The smallest absolute Gasteiger partial charge is 0.257 e. The molecule has 116 valence electrons. The zero-order valence-electron chi connectivity index (χ0n) is 13.2. The minimum atomic E-state index is -0.133. The van der Waals surface area contributed by atoms with Crippen LogP contribution >= 0.6 is 0 Å². The zero-order valence-corrected chi connectivity index (χ0v) is 13.2. The van der Waals surface area contributed by atoms with Crippen molar-refractivity contribution in [3.63, 3.8) is 0 Å². The van der Waals surface area contributed by atoms with Crippen LogP contribution in [0.25, 0.3) is 0 Å². The summed E-state index contributed by atoms with van der Waals surface area (Å²) in [7, 11) is 4.07. The third kappa shape index (κ3) is 4.30. The predicted molar refractivity (Wildman–Crippen MR) is 90.3 cm³/mol. The molecule has 1 heterocycles. The highest BCUT2D eigenvalue weighted by Crippen LogP contribution is 2.17. The molecule has 0 aliphatic rings. The van der Waals surface area contributed by atoms with Gasteiger partial charge in [-0.25, -0.2) is 0 Å². The van der Waals surface area contributed by atoms with Crippen LogP contribution in [0.2, 0.25) is 0 Å². The lowest BCUT2D eigenvalue weighted by Gasteiger charge is -2.21. The predicted octanol–water partition coefficient (Wildman–Crippen LogP) is 2.70. The number of likely N-dealkylation sites (N-methyl/N-ethyl adjacent to an activating group) is 1. The summed E-state index contributed by atoms with van der Waals surface area (Å²) in [6.45, 7) is 2.90. The summed E-state index contributed by atoms with van der Waals surface area (Å²) in [4.78, 5) is 18.5. The number of nitrogens with one attached hydrogen (secondary N) is 2. The molecule has 0 spiro atoms. The Morgan fingerprint density at radius 1 is 1.18 bits per heavy atom. The maximum absolute atomic E-state index is 12.4. The van der Waals surface area contributed by atoms with Gasteiger partial charge in [0.15, 0.2) is 0 Å². The van der Waals surface area contributed by atoms with E-state index in [1.165, 1.54) is 0 Å². The van der Waals surface area contributed by atoms with E-state index < -0.39 is 0 Å². The van der Waals surface area contributed by atoms with Crippen molar-refractivity contribution in [1.29, 1.82) is 0 Å². The topological polar surface area (TPSA) is 57.3 Å². The van der Waals surface area contributed by atoms with Gasteiger partial charge in [-0.3, -0.25) is 9.78 Å². The number of anilines is 2. The fourth-order valence-corrected chi connectivity index (χ4v) is 1.91. The van der Waals surface area contributed by atoms with Crippen molar-refractivity contribution in [2.45, 2.75) is 13.0 Å². The molecule has 22 heavy (non-hydrogen) atoms. The summed E-state index contributed by atoms with van der Waals surface area (Å²) >= 11 is 0. The first-order valence-corrected chi connectivity index (χ1v) is 7.28. The zero-order chi connectivity index (χ0) is 15.9. The number of hydrogen-bond acceptors (Lipinski definition) is 4. The molecule has 0 saturated carbocycles. The Bertz CT molecular complexity index is 613. The molecule has 0 bridgehead atoms. The summed E-state index contributed by atoms with van der Waals surface area (Å²) in [6, 6.07) is 11.4. The average Bonchev–Trinajstić information content (AvgIpc) is 2.53. The van der Waals surface area contributed by atoms with Crippen molar-refractivity contribution in [2.24, 2.45) is 0 Å². The Hall–Kier alpha value is -2.40. The van der Waals surface area contributed by atoms with Crippen molar-refractivity contribution in [3.8, 4) is 0 Å². The molecule has 1 amide bonds. The lowest BCUT2D eigenvalue weighted by Crippen LogP contribution is -2.32. The largest absolute Gasteiger partial charge is 0.383 e. The van der Waals surface area contributed by atoms with E-state index >= 15 is 0 Å². The summed E-state index contributed by atoms with van der Waals surface area (Å²) < 4.78 is 0. The van der Waals surface area contributed by atoms with Crippen molar-refractivity contribution in [2.75, 3.05) is 31.3 Å². The number of carbonyl (C=O) groups excluding carboxylic acids is 1. The van der Waals surface area contributed by atoms with Crippen LogP contribution in [0.1, 0.15) is 17.3 Å². The molecule has 0 aliphatic carbocycles. The van der Waals surface area contributed by atoms with E-state index in [9.17, 15) is 4.79 Å². The first-order chi connectivity index (χ1) is 10.6. The minimum Gasteiger partial charge on any atom is -0.383 e. The van der Waals surface area contributed by atoms with Crippen LogP contribution < -0.4 is 10.6 Å². The van der Waals surface area contributed by atoms with Gasteiger partial charge in [0.2, 0.25) is 0 Å². The van der Waals surface area contributed by atoms with Gasteiger partial charge in [0.05, 0.1) is 5.56 Å². The van der Waals surface area contributed by atoms with Gasteiger partial charge in [0, 0.05) is 36.4 Å². The van der Waals surface area contributed by atoms with Gasteiger partial charge in [0.1, 0.15) is 0 Å². The lowest BCUT2D eigenvalue weighted by atomic mass is 10.1. The van der Waals surface area contributed by atoms with Gasteiger partial charge < -0.3 is 15.5 Å². The van der Waals surface area contributed by atoms with Crippen molar-refractivity contribution >= 4 is 17.3 Å². The van der Waals surface area contributed by atoms with Crippen LogP contribution in [0.15, 0.2) is 48.8 Å². The third-order valence-corrected chi connectivity index (χ3v) is 3.58. The highest BCUT2D eigenvalue weighted by molar-refractivity contribution is 6.08. The first-order valence-electron chi connectivity index (χ1n) is 7.28. The number of carbonyl (C=O) groups is 1. The van der Waals surface area contributed by atoms with Crippen LogP contribution in [0.4, 0.5) is 11.4 Å². The number of pyridine rings is 1. The molecular weight excluding hydrogens is 276 g/mol. The van der Waals surface area contributed by atoms with Gasteiger partial charge in [-0.15, -0.1) is 0 Å². The van der Waals surface area contributed by atoms with E-state index in [0.29, 0.717) is 11.6 Å². The van der Waals surface area contributed by atoms with Crippen LogP contribution in [-0.2, 0) is 0 Å². The van der Waals surface area contributed by atoms with E-state index in [-0.39, 0.29) is 5.91 Å². The number of rotatable bonds is 6. The summed E-state index contributed by atoms with van der Waals surface area (Å²) in [5, 5.41) is 6.23. The molecule has 0 saturated heterocycles. The second kappa shape index (κ2) is 7.56. The summed E-state index contributed by atoms with van der Waals surface area (Å²) in [5.41, 5.74) is 2.20. The molecule has 2 rings (SSSR count). The summed E-state index contributed by atoms with van der Waals surface area (Å²) in [6.07, 6.45) is 3.30. The number of benzene rings is 1. The first kappa shape index (κ1) is 16.0. The second-order valence-electron chi connectivity index (χ2n) is 5.43. The van der Waals surface area contributed by atoms with E-state index in [0.717, 1.165) is 17.9 Å². The minimum absolute atomic E-state index is 0.133. The maximum atomic E-state index is 12.4. The van der Waals surface area contributed by atoms with E-state index in [1.807, 2.05) is 38.4 Å². The van der Waals surface area contributed by atoms with Gasteiger partial charge in [-0.1, -0.05) is 12.1 Å². The Kier molecular flexibility index (Phi) is 5.49. The second-order valence-corrected chi connectivity index (χ2v) is 5.43. The highest BCUT2D eigenvalue weighted by atomic mass is 16.1. The third-order valence-electron chi connectivity index (χ3n) is 3.58. The molecule has 0 fully saturated rings. The standard InChI is InChI=1S/C17H22N4O/c1-13(21(2)3)12-19-16-7-5-4-6-15(16)17(22)20-14-8-10-18-11-9-14/h4-11,13,19H,12H2,1-3H3,(H,18,20,22). The lowest BCUT2D eigenvalue weighted by molar-refractivity contribution is 0.102. The normalized spacial score (nSPS) is 12.0. The van der Waals surface area contributed by atoms with E-state index in [4.69, 9.17) is 0 Å². The molecule has 5 heteroatoms. The molecule has 1 aromatic carbocycles. The van der Waals surface area contributed by atoms with Gasteiger partial charge in [-0.2, -0.15) is 0 Å². The SMILES string of the molecule is CC(CNc1ccccc1C(=O)Nc1ccncc1)N(C)C. The molecule has 1 aromatic heterocycles. The maximum Gasteiger partial charge on any atom is 0.257 e. The molecule has 0 radical (unpaired) electrons. The average molecular weight is 298 g/mol. The number of amides is 1. The van der Waals surface area contributed by atoms with Crippen LogP contribution in [-0.4, -0.2) is 42.5 Å². The van der Waals surface area contributed by atoms with E-state index in [2.05, 4.69) is 27.4 Å². The van der Waals surface area contributed by atoms with Gasteiger partial charge in [0.25, 0.3) is 5.91 Å². The van der Waals surface area contributed by atoms with Gasteiger partial charge in [-0.05, 0) is 45.3 Å². The number of nitrogens with zero attached hydrogens (tertiary/aromatic N) is 2. The van der Waals surface area contributed by atoms with Crippen molar-refractivity contribution < 1.29 is 4.79 Å². The Labute approximate surface area is 131 Å². The molecule has 1 atom stereocenters. The molecule has 5 nitrogen and oxygen atoms in total. The molecule has 2 N–H and O–H groups in total. The Balaban J connectivity index is 2.09.